The zero-order valence-electron chi connectivity index (χ0n) is 14.5. The fourth-order valence-corrected chi connectivity index (χ4v) is 2.23. The molecule has 2 aromatic rings. The average Bonchev–Trinajstić information content (AvgIpc) is 2.59. The van der Waals surface area contributed by atoms with Gasteiger partial charge in [-0.25, -0.2) is 0 Å². The number of hydrogen-bond acceptors (Lipinski definition) is 4. The number of nitrogens with one attached hydrogen (secondary N) is 1. The smallest absolute Gasteiger partial charge is 0.255 e. The molecule has 0 aliphatic heterocycles. The monoisotopic (exact) mass is 329 g/mol. The lowest BCUT2D eigenvalue weighted by Gasteiger charge is -2.12. The number of carbonyl (C=O) groups excluding carboxylic acids is 1. The molecule has 0 unspecified atom stereocenters. The van der Waals surface area contributed by atoms with Crippen LogP contribution in [0.1, 0.15) is 29.8 Å². The summed E-state index contributed by atoms with van der Waals surface area (Å²) in [5.41, 5.74) is 1.43. The lowest BCUT2D eigenvalue weighted by Crippen LogP contribution is -2.23. The van der Waals surface area contributed by atoms with Crippen molar-refractivity contribution in [2.75, 3.05) is 14.2 Å². The van der Waals surface area contributed by atoms with Gasteiger partial charge < -0.3 is 19.5 Å². The average molecular weight is 329 g/mol. The predicted molar refractivity (Wildman–Crippen MR) is 92.9 cm³/mol. The molecule has 128 valence electrons. The van der Waals surface area contributed by atoms with Crippen molar-refractivity contribution in [1.29, 1.82) is 0 Å². The van der Waals surface area contributed by atoms with E-state index in [-0.39, 0.29) is 12.0 Å². The Balaban J connectivity index is 2.02. The summed E-state index contributed by atoms with van der Waals surface area (Å²) in [4.78, 5) is 12.4. The van der Waals surface area contributed by atoms with Gasteiger partial charge in [0.1, 0.15) is 17.2 Å². The Hall–Kier alpha value is -2.69. The first-order chi connectivity index (χ1) is 11.5. The van der Waals surface area contributed by atoms with Gasteiger partial charge in [0.15, 0.2) is 0 Å². The third-order valence-corrected chi connectivity index (χ3v) is 3.40. The minimum Gasteiger partial charge on any atom is -0.497 e. The first-order valence-electron chi connectivity index (χ1n) is 7.79. The van der Waals surface area contributed by atoms with E-state index in [0.29, 0.717) is 23.6 Å². The highest BCUT2D eigenvalue weighted by Crippen LogP contribution is 2.24. The van der Waals surface area contributed by atoms with Crippen molar-refractivity contribution in [1.82, 2.24) is 5.32 Å². The molecule has 0 saturated carbocycles. The quantitative estimate of drug-likeness (QED) is 0.845. The standard InChI is InChI=1S/C19H23NO4/c1-13(2)24-15-7-5-14(6-8-15)12-20-19(21)17-11-16(22-3)9-10-18(17)23-4/h5-11,13H,12H2,1-4H3,(H,20,21). The molecular weight excluding hydrogens is 306 g/mol. The summed E-state index contributed by atoms with van der Waals surface area (Å²) < 4.78 is 16.0. The summed E-state index contributed by atoms with van der Waals surface area (Å²) in [7, 11) is 3.09. The molecule has 0 spiro atoms. The fraction of sp³-hybridized carbons (Fsp3) is 0.316. The maximum absolute atomic E-state index is 12.4. The fourth-order valence-electron chi connectivity index (χ4n) is 2.23. The van der Waals surface area contributed by atoms with Gasteiger partial charge in [-0.05, 0) is 49.7 Å². The van der Waals surface area contributed by atoms with Crippen LogP contribution in [0.5, 0.6) is 17.2 Å². The SMILES string of the molecule is COc1ccc(OC)c(C(=O)NCc2ccc(OC(C)C)cc2)c1. The zero-order chi connectivity index (χ0) is 17.5. The summed E-state index contributed by atoms with van der Waals surface area (Å²) in [6.45, 7) is 4.38. The number of carbonyl (C=O) groups is 1. The highest BCUT2D eigenvalue weighted by molar-refractivity contribution is 5.97. The maximum Gasteiger partial charge on any atom is 0.255 e. The first-order valence-corrected chi connectivity index (χ1v) is 7.79. The second-order valence-electron chi connectivity index (χ2n) is 5.56. The number of rotatable bonds is 7. The van der Waals surface area contributed by atoms with Crippen molar-refractivity contribution in [3.63, 3.8) is 0 Å². The van der Waals surface area contributed by atoms with E-state index in [1.807, 2.05) is 38.1 Å². The molecule has 2 aromatic carbocycles. The van der Waals surface area contributed by atoms with Crippen LogP contribution in [0, 0.1) is 0 Å². The van der Waals surface area contributed by atoms with Crippen LogP contribution in [0.4, 0.5) is 0 Å². The Bertz CT molecular complexity index is 680. The van der Waals surface area contributed by atoms with Gasteiger partial charge in [-0.2, -0.15) is 0 Å². The second kappa shape index (κ2) is 8.24. The molecule has 0 aromatic heterocycles. The van der Waals surface area contributed by atoms with Gasteiger partial charge in [-0.3, -0.25) is 4.79 Å². The van der Waals surface area contributed by atoms with Gasteiger partial charge in [0.05, 0.1) is 25.9 Å². The van der Waals surface area contributed by atoms with E-state index >= 15 is 0 Å². The van der Waals surface area contributed by atoms with E-state index < -0.39 is 0 Å². The Morgan fingerprint density at radius 2 is 1.67 bits per heavy atom. The molecule has 5 heteroatoms. The highest BCUT2D eigenvalue weighted by atomic mass is 16.5. The molecule has 0 radical (unpaired) electrons. The normalized spacial score (nSPS) is 10.4. The van der Waals surface area contributed by atoms with Crippen LogP contribution in [0.2, 0.25) is 0 Å². The minimum absolute atomic E-state index is 0.135. The molecule has 2 rings (SSSR count). The van der Waals surface area contributed by atoms with Crippen molar-refractivity contribution in [3.05, 3.63) is 53.6 Å². The van der Waals surface area contributed by atoms with Gasteiger partial charge in [0.25, 0.3) is 5.91 Å². The van der Waals surface area contributed by atoms with Crippen LogP contribution in [-0.4, -0.2) is 26.2 Å². The van der Waals surface area contributed by atoms with Crippen molar-refractivity contribution in [3.8, 4) is 17.2 Å². The van der Waals surface area contributed by atoms with Gasteiger partial charge in [0.2, 0.25) is 0 Å². The second-order valence-corrected chi connectivity index (χ2v) is 5.56. The Kier molecular flexibility index (Phi) is 6.07. The first kappa shape index (κ1) is 17.7. The molecular formula is C19H23NO4. The molecule has 24 heavy (non-hydrogen) atoms. The summed E-state index contributed by atoms with van der Waals surface area (Å²) in [6.07, 6.45) is 0.135. The lowest BCUT2D eigenvalue weighted by molar-refractivity contribution is 0.0947. The topological polar surface area (TPSA) is 56.8 Å². The van der Waals surface area contributed by atoms with E-state index in [0.717, 1.165) is 11.3 Å². The number of hydrogen-bond donors (Lipinski definition) is 1. The molecule has 0 atom stereocenters. The number of benzene rings is 2. The molecule has 0 fully saturated rings. The third-order valence-electron chi connectivity index (χ3n) is 3.40. The molecule has 0 aliphatic rings. The van der Waals surface area contributed by atoms with E-state index in [1.165, 1.54) is 7.11 Å². The summed E-state index contributed by atoms with van der Waals surface area (Å²) in [6, 6.07) is 12.8. The van der Waals surface area contributed by atoms with E-state index in [9.17, 15) is 4.79 Å². The van der Waals surface area contributed by atoms with E-state index in [4.69, 9.17) is 14.2 Å². The van der Waals surface area contributed by atoms with Crippen molar-refractivity contribution in [2.24, 2.45) is 0 Å². The molecule has 1 N–H and O–H groups in total. The lowest BCUT2D eigenvalue weighted by atomic mass is 10.1. The van der Waals surface area contributed by atoms with Crippen LogP contribution in [0.3, 0.4) is 0 Å². The third kappa shape index (κ3) is 4.65. The van der Waals surface area contributed by atoms with E-state index in [2.05, 4.69) is 5.32 Å². The van der Waals surface area contributed by atoms with E-state index in [1.54, 1.807) is 25.3 Å². The molecule has 0 bridgehead atoms. The minimum atomic E-state index is -0.215. The van der Waals surface area contributed by atoms with Crippen molar-refractivity contribution < 1.29 is 19.0 Å². The van der Waals surface area contributed by atoms with Gasteiger partial charge in [-0.1, -0.05) is 12.1 Å². The maximum atomic E-state index is 12.4. The van der Waals surface area contributed by atoms with Crippen LogP contribution in [-0.2, 0) is 6.54 Å². The largest absolute Gasteiger partial charge is 0.497 e. The van der Waals surface area contributed by atoms with Crippen LogP contribution in [0.15, 0.2) is 42.5 Å². The highest BCUT2D eigenvalue weighted by Gasteiger charge is 2.13. The van der Waals surface area contributed by atoms with Crippen molar-refractivity contribution in [2.45, 2.75) is 26.5 Å². The number of methoxy groups -OCH3 is 2. The Labute approximate surface area is 142 Å². The molecule has 5 nitrogen and oxygen atoms in total. The van der Waals surface area contributed by atoms with Gasteiger partial charge in [0, 0.05) is 6.54 Å². The summed E-state index contributed by atoms with van der Waals surface area (Å²) in [5, 5.41) is 2.89. The zero-order valence-corrected chi connectivity index (χ0v) is 14.5. The molecule has 1 amide bonds. The van der Waals surface area contributed by atoms with Crippen LogP contribution >= 0.6 is 0 Å². The molecule has 0 saturated heterocycles. The van der Waals surface area contributed by atoms with Crippen LogP contribution in [0.25, 0.3) is 0 Å². The van der Waals surface area contributed by atoms with Gasteiger partial charge in [-0.15, -0.1) is 0 Å². The number of ether oxygens (including phenoxy) is 3. The van der Waals surface area contributed by atoms with Gasteiger partial charge >= 0.3 is 0 Å². The molecule has 0 heterocycles. The summed E-state index contributed by atoms with van der Waals surface area (Å²) in [5.74, 6) is 1.72. The Morgan fingerprint density at radius 1 is 1.00 bits per heavy atom. The number of amides is 1. The molecule has 0 aliphatic carbocycles. The van der Waals surface area contributed by atoms with Crippen LogP contribution < -0.4 is 19.5 Å². The summed E-state index contributed by atoms with van der Waals surface area (Å²) >= 11 is 0. The van der Waals surface area contributed by atoms with Crippen molar-refractivity contribution >= 4 is 5.91 Å². The Morgan fingerprint density at radius 3 is 2.25 bits per heavy atom. The predicted octanol–water partition coefficient (Wildman–Crippen LogP) is 3.42.